The SMILES string of the molecule is CN1CCN(C(=O)Oc2c3c(nn2-c2ccc(F)cc2)CCc2ccccc2-3)CC1. The number of rotatable bonds is 2. The van der Waals surface area contributed by atoms with Gasteiger partial charge in [0.05, 0.1) is 16.9 Å². The van der Waals surface area contributed by atoms with E-state index in [1.807, 2.05) is 25.2 Å². The number of carbonyl (C=O) groups excluding carboxylic acids is 1. The van der Waals surface area contributed by atoms with Crippen LogP contribution in [0.25, 0.3) is 16.8 Å². The number of piperazine rings is 1. The van der Waals surface area contributed by atoms with Crippen molar-refractivity contribution < 1.29 is 13.9 Å². The minimum atomic E-state index is -0.378. The Morgan fingerprint density at radius 3 is 2.50 bits per heavy atom. The van der Waals surface area contributed by atoms with Crippen molar-refractivity contribution in [2.45, 2.75) is 12.8 Å². The molecule has 0 spiro atoms. The summed E-state index contributed by atoms with van der Waals surface area (Å²) in [5, 5.41) is 4.75. The van der Waals surface area contributed by atoms with Gasteiger partial charge in [0.25, 0.3) is 0 Å². The molecule has 0 bridgehead atoms. The molecule has 0 atom stereocenters. The highest BCUT2D eigenvalue weighted by molar-refractivity contribution is 5.81. The zero-order chi connectivity index (χ0) is 20.7. The van der Waals surface area contributed by atoms with Gasteiger partial charge in [-0.15, -0.1) is 0 Å². The van der Waals surface area contributed by atoms with Crippen LogP contribution in [0, 0.1) is 5.82 Å². The van der Waals surface area contributed by atoms with E-state index in [1.165, 1.54) is 17.7 Å². The summed E-state index contributed by atoms with van der Waals surface area (Å²) < 4.78 is 21.1. The van der Waals surface area contributed by atoms with Crippen LogP contribution in [0.2, 0.25) is 0 Å². The van der Waals surface area contributed by atoms with Gasteiger partial charge < -0.3 is 14.5 Å². The lowest BCUT2D eigenvalue weighted by Gasteiger charge is -2.31. The molecule has 7 heteroatoms. The Hall–Kier alpha value is -3.19. The van der Waals surface area contributed by atoms with E-state index in [0.29, 0.717) is 24.7 Å². The summed E-state index contributed by atoms with van der Waals surface area (Å²) in [6.45, 7) is 2.87. The van der Waals surface area contributed by atoms with Crippen molar-refractivity contribution in [2.24, 2.45) is 0 Å². The number of nitrogens with zero attached hydrogens (tertiary/aromatic N) is 4. The van der Waals surface area contributed by atoms with Gasteiger partial charge in [-0.3, -0.25) is 0 Å². The second kappa shape index (κ2) is 7.57. The van der Waals surface area contributed by atoms with Crippen LogP contribution in [0.1, 0.15) is 11.3 Å². The first kappa shape index (κ1) is 18.8. The number of benzene rings is 2. The third-order valence-electron chi connectivity index (χ3n) is 5.85. The molecule has 0 radical (unpaired) electrons. The molecule has 1 aliphatic carbocycles. The molecular weight excluding hydrogens is 383 g/mol. The number of hydrogen-bond donors (Lipinski definition) is 0. The van der Waals surface area contributed by atoms with Crippen molar-refractivity contribution in [3.63, 3.8) is 0 Å². The normalized spacial score (nSPS) is 16.1. The van der Waals surface area contributed by atoms with Crippen LogP contribution < -0.4 is 4.74 Å². The summed E-state index contributed by atoms with van der Waals surface area (Å²) in [6.07, 6.45) is 1.27. The van der Waals surface area contributed by atoms with Crippen LogP contribution in [0.15, 0.2) is 48.5 Å². The van der Waals surface area contributed by atoms with Crippen molar-refractivity contribution in [3.8, 4) is 22.7 Å². The maximum absolute atomic E-state index is 13.5. The number of aryl methyl sites for hydroxylation is 2. The van der Waals surface area contributed by atoms with Gasteiger partial charge in [0, 0.05) is 26.2 Å². The van der Waals surface area contributed by atoms with Crippen LogP contribution in [0.3, 0.4) is 0 Å². The number of hydrogen-bond acceptors (Lipinski definition) is 4. The first-order chi connectivity index (χ1) is 14.6. The van der Waals surface area contributed by atoms with Crippen molar-refractivity contribution in [1.82, 2.24) is 19.6 Å². The number of aromatic nitrogens is 2. The number of halogens is 1. The fourth-order valence-corrected chi connectivity index (χ4v) is 4.11. The van der Waals surface area contributed by atoms with Crippen LogP contribution >= 0.6 is 0 Å². The lowest BCUT2D eigenvalue weighted by Crippen LogP contribution is -2.48. The molecule has 30 heavy (non-hydrogen) atoms. The monoisotopic (exact) mass is 406 g/mol. The highest BCUT2D eigenvalue weighted by Crippen LogP contribution is 2.41. The molecule has 3 aromatic rings. The van der Waals surface area contributed by atoms with E-state index in [2.05, 4.69) is 11.0 Å². The number of fused-ring (bicyclic) bond motifs is 3. The number of ether oxygens (including phenoxy) is 1. The van der Waals surface area contributed by atoms with Gasteiger partial charge in [-0.25, -0.2) is 9.18 Å². The van der Waals surface area contributed by atoms with Crippen molar-refractivity contribution >= 4 is 6.09 Å². The molecule has 1 aliphatic heterocycles. The Balaban J connectivity index is 1.58. The van der Waals surface area contributed by atoms with Crippen LogP contribution in [-0.4, -0.2) is 58.9 Å². The highest BCUT2D eigenvalue weighted by Gasteiger charge is 2.30. The first-order valence-electron chi connectivity index (χ1n) is 10.2. The Morgan fingerprint density at radius 1 is 1.00 bits per heavy atom. The number of amides is 1. The minimum absolute atomic E-state index is 0.322. The van der Waals surface area contributed by atoms with Crippen molar-refractivity contribution in [3.05, 3.63) is 65.6 Å². The second-order valence-electron chi connectivity index (χ2n) is 7.83. The smallest absolute Gasteiger partial charge is 0.390 e. The number of likely N-dealkylation sites (N-methyl/N-ethyl adjacent to an activating group) is 1. The Kier molecular flexibility index (Phi) is 4.75. The van der Waals surface area contributed by atoms with Crippen molar-refractivity contribution in [2.75, 3.05) is 33.2 Å². The standard InChI is InChI=1S/C23H23FN4O2/c1-26-12-14-27(15-13-26)23(29)30-22-21-19-5-3-2-4-16(19)6-11-20(21)25-28(22)18-9-7-17(24)8-10-18/h2-5,7-10H,6,11-15H2,1H3. The fourth-order valence-electron chi connectivity index (χ4n) is 4.11. The highest BCUT2D eigenvalue weighted by atomic mass is 19.1. The lowest BCUT2D eigenvalue weighted by atomic mass is 9.90. The molecule has 154 valence electrons. The van der Waals surface area contributed by atoms with Crippen LogP contribution in [0.5, 0.6) is 5.88 Å². The van der Waals surface area contributed by atoms with Gasteiger partial charge in [0.1, 0.15) is 5.82 Å². The molecule has 1 fully saturated rings. The molecule has 1 aromatic heterocycles. The fraction of sp³-hybridized carbons (Fsp3) is 0.304. The zero-order valence-electron chi connectivity index (χ0n) is 16.8. The second-order valence-corrected chi connectivity index (χ2v) is 7.83. The van der Waals surface area contributed by atoms with Crippen molar-refractivity contribution in [1.29, 1.82) is 0 Å². The summed E-state index contributed by atoms with van der Waals surface area (Å²) in [5.41, 5.74) is 4.64. The summed E-state index contributed by atoms with van der Waals surface area (Å²) in [5.74, 6) is 0.0738. The van der Waals surface area contributed by atoms with Gasteiger partial charge in [-0.2, -0.15) is 9.78 Å². The zero-order valence-corrected chi connectivity index (χ0v) is 16.8. The molecule has 0 saturated carbocycles. The Labute approximate surface area is 174 Å². The molecule has 0 N–H and O–H groups in total. The third kappa shape index (κ3) is 3.35. The van der Waals surface area contributed by atoms with Crippen LogP contribution in [0.4, 0.5) is 9.18 Å². The van der Waals surface area contributed by atoms with Gasteiger partial charge in [-0.05, 0) is 55.3 Å². The predicted molar refractivity (Wildman–Crippen MR) is 111 cm³/mol. The Bertz CT molecular complexity index is 1090. The maximum atomic E-state index is 13.5. The molecule has 6 nitrogen and oxygen atoms in total. The van der Waals surface area contributed by atoms with Gasteiger partial charge in [0.15, 0.2) is 0 Å². The van der Waals surface area contributed by atoms with Gasteiger partial charge >= 0.3 is 6.09 Å². The van der Waals surface area contributed by atoms with E-state index >= 15 is 0 Å². The van der Waals surface area contributed by atoms with E-state index in [-0.39, 0.29) is 11.9 Å². The molecule has 0 unspecified atom stereocenters. The largest absolute Gasteiger partial charge is 0.416 e. The first-order valence-corrected chi connectivity index (χ1v) is 10.2. The Morgan fingerprint density at radius 2 is 1.73 bits per heavy atom. The van der Waals surface area contributed by atoms with E-state index in [9.17, 15) is 9.18 Å². The number of carbonyl (C=O) groups is 1. The summed E-state index contributed by atoms with van der Waals surface area (Å²) in [6, 6.07) is 14.2. The topological polar surface area (TPSA) is 50.6 Å². The molecule has 1 amide bonds. The van der Waals surface area contributed by atoms with E-state index in [1.54, 1.807) is 21.7 Å². The van der Waals surface area contributed by atoms with E-state index in [4.69, 9.17) is 9.84 Å². The lowest BCUT2D eigenvalue weighted by molar-refractivity contribution is 0.118. The van der Waals surface area contributed by atoms with Gasteiger partial charge in [0.2, 0.25) is 5.88 Å². The molecule has 2 aromatic carbocycles. The molecule has 5 rings (SSSR count). The molecule has 1 saturated heterocycles. The van der Waals surface area contributed by atoms with Crippen LogP contribution in [-0.2, 0) is 12.8 Å². The maximum Gasteiger partial charge on any atom is 0.416 e. The van der Waals surface area contributed by atoms with E-state index < -0.39 is 0 Å². The molecular formula is C23H23FN4O2. The third-order valence-corrected chi connectivity index (χ3v) is 5.85. The average molecular weight is 406 g/mol. The van der Waals surface area contributed by atoms with E-state index in [0.717, 1.165) is 42.8 Å². The van der Waals surface area contributed by atoms with Gasteiger partial charge in [-0.1, -0.05) is 24.3 Å². The summed E-state index contributed by atoms with van der Waals surface area (Å²) >= 11 is 0. The summed E-state index contributed by atoms with van der Waals surface area (Å²) in [7, 11) is 2.04. The average Bonchev–Trinajstić information content (AvgIpc) is 3.13. The summed E-state index contributed by atoms with van der Waals surface area (Å²) in [4.78, 5) is 16.9. The molecule has 2 heterocycles. The quantitative estimate of drug-likeness (QED) is 0.654. The predicted octanol–water partition coefficient (Wildman–Crippen LogP) is 3.52. The minimum Gasteiger partial charge on any atom is -0.390 e. The molecule has 2 aliphatic rings.